The number of nitrogens with one attached hydrogen (secondary N) is 2. The molecule has 0 aliphatic carbocycles. The first-order valence-electron chi connectivity index (χ1n) is 6.76. The smallest absolute Gasteiger partial charge is 0.296 e. The number of H-pyrrole nitrogens is 1. The van der Waals surface area contributed by atoms with Crippen molar-refractivity contribution in [3.8, 4) is 6.01 Å². The number of imidazole rings is 2. The van der Waals surface area contributed by atoms with Crippen LogP contribution in [0.3, 0.4) is 0 Å². The molecule has 7 heteroatoms. The van der Waals surface area contributed by atoms with E-state index >= 15 is 0 Å². The van der Waals surface area contributed by atoms with Gasteiger partial charge in [-0.15, -0.1) is 0 Å². The maximum atomic E-state index is 5.98. The maximum absolute atomic E-state index is 5.98. The fourth-order valence-corrected chi connectivity index (χ4v) is 2.74. The normalized spacial score (nSPS) is 17.5. The SMILES string of the molecule is Cc1cn2c(n1)OC[C@@H](Nc1nc3ccc(Cl)cc3[nH]1)C2. The molecule has 108 valence electrons. The number of ether oxygens (including phenoxy) is 1. The van der Waals surface area contributed by atoms with Crippen LogP contribution in [0.4, 0.5) is 5.95 Å². The minimum absolute atomic E-state index is 0.141. The molecular formula is C14H14ClN5O. The first-order valence-corrected chi connectivity index (χ1v) is 7.13. The van der Waals surface area contributed by atoms with Crippen LogP contribution in [0.2, 0.25) is 5.02 Å². The summed E-state index contributed by atoms with van der Waals surface area (Å²) in [4.78, 5) is 12.0. The topological polar surface area (TPSA) is 67.8 Å². The fraction of sp³-hybridized carbons (Fsp3) is 0.286. The number of hydrogen-bond acceptors (Lipinski definition) is 4. The van der Waals surface area contributed by atoms with Crippen molar-refractivity contribution in [1.29, 1.82) is 0 Å². The van der Waals surface area contributed by atoms with Crippen molar-refractivity contribution in [1.82, 2.24) is 19.5 Å². The molecule has 0 spiro atoms. The van der Waals surface area contributed by atoms with E-state index in [1.165, 1.54) is 0 Å². The summed E-state index contributed by atoms with van der Waals surface area (Å²) in [7, 11) is 0. The van der Waals surface area contributed by atoms with Crippen molar-refractivity contribution in [3.63, 3.8) is 0 Å². The van der Waals surface area contributed by atoms with Crippen LogP contribution in [0, 0.1) is 6.92 Å². The van der Waals surface area contributed by atoms with E-state index in [1.807, 2.05) is 35.9 Å². The van der Waals surface area contributed by atoms with Crippen LogP contribution in [-0.4, -0.2) is 32.2 Å². The number of aromatic nitrogens is 4. The van der Waals surface area contributed by atoms with Gasteiger partial charge in [0.1, 0.15) is 6.61 Å². The average Bonchev–Trinajstić information content (AvgIpc) is 2.99. The van der Waals surface area contributed by atoms with Gasteiger partial charge in [-0.25, -0.2) is 9.97 Å². The minimum atomic E-state index is 0.141. The highest BCUT2D eigenvalue weighted by atomic mass is 35.5. The summed E-state index contributed by atoms with van der Waals surface area (Å²) in [5.41, 5.74) is 2.77. The Morgan fingerprint density at radius 2 is 2.33 bits per heavy atom. The van der Waals surface area contributed by atoms with E-state index in [-0.39, 0.29) is 6.04 Å². The Morgan fingerprint density at radius 3 is 3.24 bits per heavy atom. The standard InChI is InChI=1S/C14H14ClN5O/c1-8-5-20-6-10(7-21-14(20)16-8)17-13-18-11-3-2-9(15)4-12(11)19-13/h2-5,10H,6-7H2,1H3,(H2,17,18,19)/t10-/m0/s1. The summed E-state index contributed by atoms with van der Waals surface area (Å²) in [6.45, 7) is 3.32. The van der Waals surface area contributed by atoms with Crippen LogP contribution in [0.1, 0.15) is 5.69 Å². The molecule has 2 aromatic heterocycles. The summed E-state index contributed by atoms with van der Waals surface area (Å²) >= 11 is 5.98. The van der Waals surface area contributed by atoms with Crippen molar-refractivity contribution < 1.29 is 4.74 Å². The minimum Gasteiger partial charge on any atom is -0.462 e. The predicted octanol–water partition coefficient (Wildman–Crippen LogP) is 2.59. The lowest BCUT2D eigenvalue weighted by Crippen LogP contribution is -2.36. The van der Waals surface area contributed by atoms with Crippen LogP contribution in [0.5, 0.6) is 6.01 Å². The van der Waals surface area contributed by atoms with Crippen molar-refractivity contribution in [2.75, 3.05) is 11.9 Å². The van der Waals surface area contributed by atoms with Crippen LogP contribution in [-0.2, 0) is 6.54 Å². The molecule has 1 aromatic carbocycles. The van der Waals surface area contributed by atoms with Gasteiger partial charge in [0.2, 0.25) is 5.95 Å². The molecule has 0 radical (unpaired) electrons. The van der Waals surface area contributed by atoms with Gasteiger partial charge < -0.3 is 15.0 Å². The molecule has 0 unspecified atom stereocenters. The molecule has 21 heavy (non-hydrogen) atoms. The zero-order valence-corrected chi connectivity index (χ0v) is 12.2. The summed E-state index contributed by atoms with van der Waals surface area (Å²) in [6.07, 6.45) is 1.99. The molecule has 0 fully saturated rings. The zero-order chi connectivity index (χ0) is 14.4. The molecule has 1 aliphatic rings. The van der Waals surface area contributed by atoms with Gasteiger partial charge in [-0.2, -0.15) is 0 Å². The van der Waals surface area contributed by atoms with E-state index in [1.54, 1.807) is 0 Å². The summed E-state index contributed by atoms with van der Waals surface area (Å²) in [5.74, 6) is 0.723. The molecule has 2 N–H and O–H groups in total. The lowest BCUT2D eigenvalue weighted by Gasteiger charge is -2.24. The number of halogens is 1. The van der Waals surface area contributed by atoms with Crippen LogP contribution < -0.4 is 10.1 Å². The monoisotopic (exact) mass is 303 g/mol. The number of nitrogens with zero attached hydrogens (tertiary/aromatic N) is 3. The first kappa shape index (κ1) is 12.5. The van der Waals surface area contributed by atoms with E-state index in [9.17, 15) is 0 Å². The lowest BCUT2D eigenvalue weighted by atomic mass is 10.3. The Hall–Kier alpha value is -2.21. The third-order valence-corrected chi connectivity index (χ3v) is 3.71. The Morgan fingerprint density at radius 1 is 1.43 bits per heavy atom. The van der Waals surface area contributed by atoms with Gasteiger partial charge in [0, 0.05) is 11.2 Å². The Bertz CT molecular complexity index is 809. The summed E-state index contributed by atoms with van der Waals surface area (Å²) < 4.78 is 7.66. The number of fused-ring (bicyclic) bond motifs is 2. The summed E-state index contributed by atoms with van der Waals surface area (Å²) in [5, 5.41) is 4.05. The highest BCUT2D eigenvalue weighted by Crippen LogP contribution is 2.21. The van der Waals surface area contributed by atoms with E-state index in [0.717, 1.165) is 29.2 Å². The van der Waals surface area contributed by atoms with Crippen LogP contribution >= 0.6 is 11.6 Å². The Balaban J connectivity index is 1.55. The van der Waals surface area contributed by atoms with Gasteiger partial charge in [0.15, 0.2) is 0 Å². The van der Waals surface area contributed by atoms with Crippen molar-refractivity contribution in [2.45, 2.75) is 19.5 Å². The number of rotatable bonds is 2. The number of aromatic amines is 1. The third kappa shape index (κ3) is 2.31. The van der Waals surface area contributed by atoms with E-state index in [0.29, 0.717) is 17.6 Å². The van der Waals surface area contributed by atoms with Gasteiger partial charge >= 0.3 is 0 Å². The number of hydrogen-bond donors (Lipinski definition) is 2. The molecular weight excluding hydrogens is 290 g/mol. The molecule has 0 saturated heterocycles. The first-order chi connectivity index (χ1) is 10.2. The van der Waals surface area contributed by atoms with E-state index in [2.05, 4.69) is 20.3 Å². The second kappa shape index (κ2) is 4.66. The second-order valence-electron chi connectivity index (χ2n) is 5.22. The number of anilines is 1. The van der Waals surface area contributed by atoms with Gasteiger partial charge in [0.25, 0.3) is 6.01 Å². The Labute approximate surface area is 126 Å². The fourth-order valence-electron chi connectivity index (χ4n) is 2.57. The van der Waals surface area contributed by atoms with Gasteiger partial charge in [-0.05, 0) is 25.1 Å². The molecule has 1 aliphatic heterocycles. The lowest BCUT2D eigenvalue weighted by molar-refractivity contribution is 0.215. The molecule has 3 heterocycles. The van der Waals surface area contributed by atoms with Crippen molar-refractivity contribution in [3.05, 3.63) is 35.1 Å². The largest absolute Gasteiger partial charge is 0.462 e. The number of aryl methyl sites for hydroxylation is 1. The van der Waals surface area contributed by atoms with Gasteiger partial charge in [-0.1, -0.05) is 11.6 Å². The molecule has 3 aromatic rings. The molecule has 6 nitrogen and oxygen atoms in total. The highest BCUT2D eigenvalue weighted by Gasteiger charge is 2.21. The molecule has 1 atom stereocenters. The zero-order valence-electron chi connectivity index (χ0n) is 11.4. The molecule has 0 bridgehead atoms. The molecule has 0 amide bonds. The van der Waals surface area contributed by atoms with Gasteiger partial charge in [-0.3, -0.25) is 4.57 Å². The van der Waals surface area contributed by atoms with Gasteiger partial charge in [0.05, 0.1) is 29.3 Å². The maximum Gasteiger partial charge on any atom is 0.296 e. The van der Waals surface area contributed by atoms with E-state index in [4.69, 9.17) is 16.3 Å². The second-order valence-corrected chi connectivity index (χ2v) is 5.65. The predicted molar refractivity (Wildman–Crippen MR) is 81.0 cm³/mol. The average molecular weight is 304 g/mol. The summed E-state index contributed by atoms with van der Waals surface area (Å²) in [6, 6.07) is 6.42. The highest BCUT2D eigenvalue weighted by molar-refractivity contribution is 6.31. The Kier molecular flexibility index (Phi) is 2.78. The van der Waals surface area contributed by atoms with E-state index < -0.39 is 0 Å². The van der Waals surface area contributed by atoms with Crippen molar-refractivity contribution >= 4 is 28.6 Å². The molecule has 0 saturated carbocycles. The van der Waals surface area contributed by atoms with Crippen LogP contribution in [0.25, 0.3) is 11.0 Å². The quantitative estimate of drug-likeness (QED) is 0.763. The van der Waals surface area contributed by atoms with Crippen LogP contribution in [0.15, 0.2) is 24.4 Å². The molecule has 4 rings (SSSR count). The third-order valence-electron chi connectivity index (χ3n) is 3.48. The number of benzene rings is 1. The van der Waals surface area contributed by atoms with Crippen molar-refractivity contribution in [2.24, 2.45) is 0 Å².